The Bertz CT molecular complexity index is 1010. The summed E-state index contributed by atoms with van der Waals surface area (Å²) < 4.78 is 41.6. The van der Waals surface area contributed by atoms with Crippen LogP contribution in [-0.2, 0) is 6.42 Å². The molecule has 0 radical (unpaired) electrons. The van der Waals surface area contributed by atoms with E-state index >= 15 is 0 Å². The molecule has 152 valence electrons. The zero-order valence-electron chi connectivity index (χ0n) is 16.9. The van der Waals surface area contributed by atoms with Crippen molar-refractivity contribution in [1.29, 1.82) is 0 Å². The van der Waals surface area contributed by atoms with Crippen LogP contribution < -0.4 is 0 Å². The van der Waals surface area contributed by atoms with Gasteiger partial charge in [0.25, 0.3) is 0 Å². The molecule has 0 saturated heterocycles. The fourth-order valence-electron chi connectivity index (χ4n) is 4.99. The Morgan fingerprint density at radius 1 is 0.862 bits per heavy atom. The van der Waals surface area contributed by atoms with Crippen LogP contribution in [0.1, 0.15) is 68.1 Å². The van der Waals surface area contributed by atoms with Gasteiger partial charge in [-0.3, -0.25) is 0 Å². The van der Waals surface area contributed by atoms with E-state index in [0.29, 0.717) is 5.92 Å². The van der Waals surface area contributed by atoms with Crippen molar-refractivity contribution in [3.8, 4) is 0 Å². The Balaban J connectivity index is 1.78. The van der Waals surface area contributed by atoms with Crippen molar-refractivity contribution in [1.82, 2.24) is 0 Å². The standard InChI is InChI=1S/C26H27F3/c1-2-3-4-5-6-18-9-12-21-22(13-8-17-7-11-20(27)16-23(17)21)26(18)19-10-14-24(28)25(29)15-19/h7-8,10-11,13-16,18,26H,2-6,9,12H2,1H3/t18-,26-/m1/s1. The molecule has 29 heavy (non-hydrogen) atoms. The van der Waals surface area contributed by atoms with E-state index in [-0.39, 0.29) is 11.7 Å². The highest BCUT2D eigenvalue weighted by Crippen LogP contribution is 2.45. The van der Waals surface area contributed by atoms with Gasteiger partial charge in [-0.15, -0.1) is 0 Å². The maximum absolute atomic E-state index is 14.1. The zero-order chi connectivity index (χ0) is 20.4. The fraction of sp³-hybridized carbons (Fsp3) is 0.385. The lowest BCUT2D eigenvalue weighted by molar-refractivity contribution is 0.366. The number of aryl methyl sites for hydroxylation is 1. The SMILES string of the molecule is CCCCCC[C@@H]1CCc2c(ccc3ccc(F)cc23)[C@H]1c1ccc(F)c(F)c1. The number of rotatable bonds is 6. The average molecular weight is 396 g/mol. The Kier molecular flexibility index (Phi) is 5.94. The summed E-state index contributed by atoms with van der Waals surface area (Å²) in [4.78, 5) is 0. The van der Waals surface area contributed by atoms with Crippen molar-refractivity contribution in [2.45, 2.75) is 57.8 Å². The molecule has 0 saturated carbocycles. The monoisotopic (exact) mass is 396 g/mol. The van der Waals surface area contributed by atoms with Crippen LogP contribution in [0.2, 0.25) is 0 Å². The number of hydrogen-bond donors (Lipinski definition) is 0. The summed E-state index contributed by atoms with van der Waals surface area (Å²) in [5.74, 6) is -1.45. The van der Waals surface area contributed by atoms with Gasteiger partial charge in [0.2, 0.25) is 0 Å². The molecule has 3 aromatic carbocycles. The molecular weight excluding hydrogens is 369 g/mol. The molecule has 3 aromatic rings. The molecule has 2 atom stereocenters. The van der Waals surface area contributed by atoms with Gasteiger partial charge in [0.05, 0.1) is 0 Å². The van der Waals surface area contributed by atoms with E-state index in [1.165, 1.54) is 37.5 Å². The first-order valence-electron chi connectivity index (χ1n) is 10.7. The number of benzene rings is 3. The van der Waals surface area contributed by atoms with Gasteiger partial charge < -0.3 is 0 Å². The van der Waals surface area contributed by atoms with Crippen molar-refractivity contribution in [2.75, 3.05) is 0 Å². The molecule has 0 aliphatic heterocycles. The van der Waals surface area contributed by atoms with E-state index in [2.05, 4.69) is 13.0 Å². The van der Waals surface area contributed by atoms with E-state index in [1.54, 1.807) is 12.1 Å². The normalized spacial score (nSPS) is 18.8. The van der Waals surface area contributed by atoms with Gasteiger partial charge in [-0.1, -0.05) is 56.9 Å². The quantitative estimate of drug-likeness (QED) is 0.371. The van der Waals surface area contributed by atoms with Gasteiger partial charge in [-0.25, -0.2) is 13.2 Å². The third-order valence-electron chi connectivity index (χ3n) is 6.43. The van der Waals surface area contributed by atoms with Gasteiger partial charge in [0, 0.05) is 5.92 Å². The second-order valence-corrected chi connectivity index (χ2v) is 8.30. The predicted octanol–water partition coefficient (Wildman–Crippen LogP) is 7.92. The molecule has 0 nitrogen and oxygen atoms in total. The molecule has 0 unspecified atom stereocenters. The third-order valence-corrected chi connectivity index (χ3v) is 6.43. The van der Waals surface area contributed by atoms with E-state index in [0.717, 1.165) is 53.1 Å². The number of fused-ring (bicyclic) bond motifs is 3. The summed E-state index contributed by atoms with van der Waals surface area (Å²) in [5.41, 5.74) is 3.11. The highest BCUT2D eigenvalue weighted by Gasteiger charge is 2.32. The highest BCUT2D eigenvalue weighted by atomic mass is 19.2. The summed E-state index contributed by atoms with van der Waals surface area (Å²) >= 11 is 0. The number of halogens is 3. The molecule has 3 heteroatoms. The van der Waals surface area contributed by atoms with Crippen molar-refractivity contribution < 1.29 is 13.2 Å². The van der Waals surface area contributed by atoms with Crippen molar-refractivity contribution in [2.24, 2.45) is 5.92 Å². The molecule has 0 heterocycles. The van der Waals surface area contributed by atoms with Crippen molar-refractivity contribution in [3.63, 3.8) is 0 Å². The highest BCUT2D eigenvalue weighted by molar-refractivity contribution is 5.87. The van der Waals surface area contributed by atoms with Crippen LogP contribution >= 0.6 is 0 Å². The topological polar surface area (TPSA) is 0 Å². The Morgan fingerprint density at radius 3 is 2.48 bits per heavy atom. The molecule has 0 aromatic heterocycles. The van der Waals surface area contributed by atoms with Crippen LogP contribution in [0, 0.1) is 23.4 Å². The Morgan fingerprint density at radius 2 is 1.69 bits per heavy atom. The first-order chi connectivity index (χ1) is 14.1. The molecule has 4 rings (SSSR count). The minimum absolute atomic E-state index is 0.0168. The number of hydrogen-bond acceptors (Lipinski definition) is 0. The summed E-state index contributed by atoms with van der Waals surface area (Å²) in [7, 11) is 0. The second kappa shape index (κ2) is 8.61. The largest absolute Gasteiger partial charge is 0.207 e. The molecule has 0 amide bonds. The number of unbranched alkanes of at least 4 members (excludes halogenated alkanes) is 3. The Hall–Kier alpha value is -2.29. The predicted molar refractivity (Wildman–Crippen MR) is 113 cm³/mol. The van der Waals surface area contributed by atoms with Gasteiger partial charge in [-0.2, -0.15) is 0 Å². The average Bonchev–Trinajstić information content (AvgIpc) is 2.72. The maximum atomic E-state index is 14.1. The van der Waals surface area contributed by atoms with Crippen LogP contribution in [0.3, 0.4) is 0 Å². The molecule has 0 N–H and O–H groups in total. The minimum atomic E-state index is -0.815. The fourth-order valence-corrected chi connectivity index (χ4v) is 4.99. The van der Waals surface area contributed by atoms with Crippen LogP contribution in [-0.4, -0.2) is 0 Å². The lowest BCUT2D eigenvalue weighted by atomic mass is 9.69. The van der Waals surface area contributed by atoms with Crippen LogP contribution in [0.4, 0.5) is 13.2 Å². The van der Waals surface area contributed by atoms with Crippen LogP contribution in [0.25, 0.3) is 10.8 Å². The molecule has 1 aliphatic carbocycles. The molecule has 0 spiro atoms. The first-order valence-corrected chi connectivity index (χ1v) is 10.7. The summed E-state index contributed by atoms with van der Waals surface area (Å²) in [6.07, 6.45) is 7.72. The van der Waals surface area contributed by atoms with E-state index in [9.17, 15) is 13.2 Å². The van der Waals surface area contributed by atoms with Crippen molar-refractivity contribution >= 4 is 10.8 Å². The minimum Gasteiger partial charge on any atom is -0.207 e. The maximum Gasteiger partial charge on any atom is 0.159 e. The third kappa shape index (κ3) is 4.05. The van der Waals surface area contributed by atoms with Gasteiger partial charge in [0.1, 0.15) is 5.82 Å². The molecular formula is C26H27F3. The molecule has 0 fully saturated rings. The van der Waals surface area contributed by atoms with Gasteiger partial charge in [0.15, 0.2) is 11.6 Å². The van der Waals surface area contributed by atoms with E-state index in [1.807, 2.05) is 12.1 Å². The summed E-state index contributed by atoms with van der Waals surface area (Å²) in [6.45, 7) is 2.20. The van der Waals surface area contributed by atoms with Crippen LogP contribution in [0.5, 0.6) is 0 Å². The lowest BCUT2D eigenvalue weighted by Gasteiger charge is -2.35. The summed E-state index contributed by atoms with van der Waals surface area (Å²) in [6, 6.07) is 13.3. The first kappa shape index (κ1) is 20.0. The molecule has 1 aliphatic rings. The van der Waals surface area contributed by atoms with Crippen LogP contribution in [0.15, 0.2) is 48.5 Å². The zero-order valence-corrected chi connectivity index (χ0v) is 16.9. The van der Waals surface area contributed by atoms with E-state index in [4.69, 9.17) is 0 Å². The summed E-state index contributed by atoms with van der Waals surface area (Å²) in [5, 5.41) is 1.97. The molecule has 0 bridgehead atoms. The second-order valence-electron chi connectivity index (χ2n) is 8.30. The lowest BCUT2D eigenvalue weighted by Crippen LogP contribution is -2.22. The smallest absolute Gasteiger partial charge is 0.159 e. The Labute approximate surface area is 170 Å². The van der Waals surface area contributed by atoms with Gasteiger partial charge in [-0.05, 0) is 76.9 Å². The van der Waals surface area contributed by atoms with Crippen molar-refractivity contribution in [3.05, 3.63) is 82.7 Å². The van der Waals surface area contributed by atoms with E-state index < -0.39 is 11.6 Å². The van der Waals surface area contributed by atoms with Gasteiger partial charge >= 0.3 is 0 Å².